The van der Waals surface area contributed by atoms with E-state index in [-0.39, 0.29) is 22.4 Å². The molecule has 202 valence electrons. The van der Waals surface area contributed by atoms with Crippen molar-refractivity contribution < 1.29 is 9.59 Å². The Morgan fingerprint density at radius 3 is 2.48 bits per heavy atom. The molecule has 1 aliphatic heterocycles. The fourth-order valence-electron chi connectivity index (χ4n) is 4.60. The van der Waals surface area contributed by atoms with Gasteiger partial charge in [0, 0.05) is 49.2 Å². The molecule has 0 saturated heterocycles. The molecule has 4 aromatic rings. The minimum atomic E-state index is -1.15. The first-order chi connectivity index (χ1) is 19.3. The van der Waals surface area contributed by atoms with E-state index in [1.54, 1.807) is 7.05 Å². The molecule has 0 spiro atoms. The van der Waals surface area contributed by atoms with Crippen LogP contribution in [-0.4, -0.2) is 59.9 Å². The second-order valence-electron chi connectivity index (χ2n) is 9.21. The van der Waals surface area contributed by atoms with E-state index in [0.717, 1.165) is 22.4 Å². The van der Waals surface area contributed by atoms with Crippen LogP contribution >= 0.6 is 11.6 Å². The molecule has 1 aliphatic rings. The van der Waals surface area contributed by atoms with Gasteiger partial charge in [-0.05, 0) is 12.1 Å². The van der Waals surface area contributed by atoms with Crippen LogP contribution in [0.3, 0.4) is 0 Å². The van der Waals surface area contributed by atoms with Crippen LogP contribution < -0.4 is 15.5 Å². The summed E-state index contributed by atoms with van der Waals surface area (Å²) in [6.07, 6.45) is -1.15. The summed E-state index contributed by atoms with van der Waals surface area (Å²) >= 11 is 6.61. The van der Waals surface area contributed by atoms with Crippen LogP contribution in [0.4, 0.5) is 17.2 Å². The van der Waals surface area contributed by atoms with E-state index in [4.69, 9.17) is 16.6 Å². The van der Waals surface area contributed by atoms with Gasteiger partial charge in [0.25, 0.3) is 11.8 Å². The summed E-state index contributed by atoms with van der Waals surface area (Å²) in [4.78, 5) is 34.9. The van der Waals surface area contributed by atoms with Gasteiger partial charge in [0.05, 0.1) is 11.4 Å². The Morgan fingerprint density at radius 2 is 1.73 bits per heavy atom. The van der Waals surface area contributed by atoms with Crippen molar-refractivity contribution in [2.24, 2.45) is 4.99 Å². The lowest BCUT2D eigenvalue weighted by molar-refractivity contribution is -0.122. The first-order valence-corrected chi connectivity index (χ1v) is 12.9. The number of nitrogens with zero attached hydrogens (tertiary/aromatic N) is 4. The van der Waals surface area contributed by atoms with Crippen LogP contribution in [0.5, 0.6) is 0 Å². The van der Waals surface area contributed by atoms with E-state index in [2.05, 4.69) is 27.4 Å². The van der Waals surface area contributed by atoms with Crippen molar-refractivity contribution >= 4 is 52.0 Å². The van der Waals surface area contributed by atoms with Crippen LogP contribution in [0.2, 0.25) is 5.02 Å². The summed E-state index contributed by atoms with van der Waals surface area (Å²) in [5.41, 5.74) is 5.18. The number of aromatic nitrogens is 2. The van der Waals surface area contributed by atoms with Gasteiger partial charge in [-0.15, -0.1) is 0 Å². The van der Waals surface area contributed by atoms with Crippen LogP contribution in [0, 0.1) is 0 Å². The minimum Gasteiger partial charge on any atom is -0.388 e. The number of amides is 2. The van der Waals surface area contributed by atoms with Crippen molar-refractivity contribution in [3.8, 4) is 0 Å². The third-order valence-electron chi connectivity index (χ3n) is 6.77. The first kappa shape index (κ1) is 26.7. The third-order valence-corrected chi connectivity index (χ3v) is 7.14. The molecule has 0 radical (unpaired) electrons. The van der Waals surface area contributed by atoms with Crippen molar-refractivity contribution in [3.63, 3.8) is 0 Å². The predicted molar refractivity (Wildman–Crippen MR) is 160 cm³/mol. The molecule has 0 saturated carbocycles. The van der Waals surface area contributed by atoms with Gasteiger partial charge in [-0.25, -0.2) is 4.99 Å². The Hall–Kier alpha value is -4.89. The van der Waals surface area contributed by atoms with Crippen molar-refractivity contribution in [2.75, 3.05) is 36.7 Å². The maximum absolute atomic E-state index is 13.7. The van der Waals surface area contributed by atoms with Gasteiger partial charge in [0.15, 0.2) is 5.82 Å². The van der Waals surface area contributed by atoms with Crippen molar-refractivity contribution in [3.05, 3.63) is 113 Å². The van der Waals surface area contributed by atoms with Gasteiger partial charge in [-0.1, -0.05) is 84.9 Å². The summed E-state index contributed by atoms with van der Waals surface area (Å²) in [6, 6.07) is 24.7. The second-order valence-corrected chi connectivity index (χ2v) is 9.59. The minimum absolute atomic E-state index is 0.0232. The van der Waals surface area contributed by atoms with E-state index in [0.29, 0.717) is 17.1 Å². The van der Waals surface area contributed by atoms with Crippen LogP contribution in [0.1, 0.15) is 27.2 Å². The standard InChI is InChI=1S/C30H28ClN7O2/c1-18(20-14-8-10-16-22(20)32-2)33-27-24(31)26(35-36-27)29(39)38(4)28-30(40)37(3)23-17-11-9-15-21(23)25(34-28)19-12-6-5-7-13-19/h5-17,28,32H,1H2,2-4H3,(H2,33,35,36). The highest BCUT2D eigenvalue weighted by atomic mass is 35.5. The molecule has 0 aliphatic carbocycles. The number of carbonyl (C=O) groups is 2. The summed E-state index contributed by atoms with van der Waals surface area (Å²) < 4.78 is 0. The first-order valence-electron chi connectivity index (χ1n) is 12.6. The molecule has 0 bridgehead atoms. The number of likely N-dealkylation sites (N-methyl/N-ethyl adjacent to an activating group) is 2. The smallest absolute Gasteiger partial charge is 0.275 e. The summed E-state index contributed by atoms with van der Waals surface area (Å²) in [5.74, 6) is -0.666. The maximum Gasteiger partial charge on any atom is 0.275 e. The van der Waals surface area contributed by atoms with Gasteiger partial charge < -0.3 is 20.4 Å². The monoisotopic (exact) mass is 553 g/mol. The molecule has 1 atom stereocenters. The van der Waals surface area contributed by atoms with E-state index in [1.165, 1.54) is 16.8 Å². The molecule has 5 rings (SSSR count). The normalized spacial score (nSPS) is 14.6. The summed E-state index contributed by atoms with van der Waals surface area (Å²) in [6.45, 7) is 4.09. The number of aliphatic imine (C=N–C) groups is 1. The molecular weight excluding hydrogens is 526 g/mol. The highest BCUT2D eigenvalue weighted by Gasteiger charge is 2.36. The molecule has 1 aromatic heterocycles. The number of benzodiazepines with no additional fused rings is 1. The van der Waals surface area contributed by atoms with E-state index < -0.39 is 12.1 Å². The van der Waals surface area contributed by atoms with Crippen LogP contribution in [0.15, 0.2) is 90.4 Å². The number of halogens is 1. The molecule has 40 heavy (non-hydrogen) atoms. The number of rotatable bonds is 7. The Balaban J connectivity index is 1.47. The van der Waals surface area contributed by atoms with E-state index in [9.17, 15) is 9.59 Å². The lowest BCUT2D eigenvalue weighted by atomic mass is 10.0. The number of carbonyl (C=O) groups excluding carboxylic acids is 2. The SMILES string of the molecule is C=C(Nc1n[nH]c(C(=O)N(C)C2N=C(c3ccccc3)c3ccccc3N(C)C2=O)c1Cl)c1ccccc1NC. The largest absolute Gasteiger partial charge is 0.388 e. The number of aromatic amines is 1. The lowest BCUT2D eigenvalue weighted by Gasteiger charge is -2.26. The number of H-pyrrole nitrogens is 1. The molecule has 9 nitrogen and oxygen atoms in total. The molecule has 3 aromatic carbocycles. The molecule has 2 amide bonds. The maximum atomic E-state index is 13.7. The fourth-order valence-corrected chi connectivity index (χ4v) is 4.81. The average Bonchev–Trinajstić information content (AvgIpc) is 3.30. The van der Waals surface area contributed by atoms with Gasteiger partial charge in [0.2, 0.25) is 6.17 Å². The number of benzene rings is 3. The molecule has 1 unspecified atom stereocenters. The highest BCUT2D eigenvalue weighted by Crippen LogP contribution is 2.31. The average molecular weight is 554 g/mol. The zero-order valence-corrected chi connectivity index (χ0v) is 23.0. The molecule has 0 fully saturated rings. The fraction of sp³-hybridized carbons (Fsp3) is 0.133. The number of anilines is 3. The number of hydrogen-bond donors (Lipinski definition) is 3. The zero-order valence-electron chi connectivity index (χ0n) is 22.3. The number of hydrogen-bond acceptors (Lipinski definition) is 6. The third kappa shape index (κ3) is 4.83. The van der Waals surface area contributed by atoms with Crippen LogP contribution in [-0.2, 0) is 4.79 Å². The quantitative estimate of drug-likeness (QED) is 0.295. The lowest BCUT2D eigenvalue weighted by Crippen LogP contribution is -2.47. The topological polar surface area (TPSA) is 106 Å². The molecule has 3 N–H and O–H groups in total. The molecular formula is C30H28ClN7O2. The highest BCUT2D eigenvalue weighted by molar-refractivity contribution is 6.36. The van der Waals surface area contributed by atoms with Crippen molar-refractivity contribution in [2.45, 2.75) is 6.17 Å². The summed E-state index contributed by atoms with van der Waals surface area (Å²) in [5, 5.41) is 13.2. The van der Waals surface area contributed by atoms with Crippen molar-refractivity contribution in [1.29, 1.82) is 0 Å². The number of para-hydroxylation sites is 2. The van der Waals surface area contributed by atoms with Crippen molar-refractivity contribution in [1.82, 2.24) is 15.1 Å². The second kappa shape index (κ2) is 11.1. The van der Waals surface area contributed by atoms with E-state index >= 15 is 0 Å². The molecule has 2 heterocycles. The summed E-state index contributed by atoms with van der Waals surface area (Å²) in [7, 11) is 5.01. The Morgan fingerprint density at radius 1 is 1.05 bits per heavy atom. The van der Waals surface area contributed by atoms with Gasteiger partial charge in [-0.3, -0.25) is 14.7 Å². The Kier molecular flexibility index (Phi) is 7.39. The number of nitrogens with one attached hydrogen (secondary N) is 3. The van der Waals surface area contributed by atoms with Gasteiger partial charge >= 0.3 is 0 Å². The van der Waals surface area contributed by atoms with Gasteiger partial charge in [0.1, 0.15) is 10.7 Å². The van der Waals surface area contributed by atoms with E-state index in [1.807, 2.05) is 85.9 Å². The molecule has 10 heteroatoms. The Bertz CT molecular complexity index is 1630. The van der Waals surface area contributed by atoms with Gasteiger partial charge in [-0.2, -0.15) is 5.10 Å². The Labute approximate surface area is 237 Å². The van der Waals surface area contributed by atoms with Crippen LogP contribution in [0.25, 0.3) is 5.70 Å². The predicted octanol–water partition coefficient (Wildman–Crippen LogP) is 5.10. The number of fused-ring (bicyclic) bond motifs is 1. The zero-order chi connectivity index (χ0) is 28.4.